The van der Waals surface area contributed by atoms with Crippen molar-refractivity contribution in [2.75, 3.05) is 11.9 Å². The van der Waals surface area contributed by atoms with E-state index in [-0.39, 0.29) is 30.2 Å². The number of nitrogens with one attached hydrogen (secondary N) is 2. The molecule has 0 radical (unpaired) electrons. The van der Waals surface area contributed by atoms with Crippen LogP contribution in [0, 0.1) is 5.82 Å². The first-order valence-electron chi connectivity index (χ1n) is 10.8. The molecule has 8 heteroatoms. The second-order valence-corrected chi connectivity index (χ2v) is 8.11. The van der Waals surface area contributed by atoms with Crippen molar-refractivity contribution in [2.24, 2.45) is 0 Å². The molecule has 0 unspecified atom stereocenters. The van der Waals surface area contributed by atoms with Crippen molar-refractivity contribution in [1.82, 2.24) is 5.32 Å². The number of hydrogen-bond acceptors (Lipinski definition) is 4. The van der Waals surface area contributed by atoms with Gasteiger partial charge in [0.15, 0.2) is 0 Å². The molecule has 1 aliphatic rings. The molecule has 3 N–H and O–H groups in total. The summed E-state index contributed by atoms with van der Waals surface area (Å²) in [5.74, 6) is -2.59. The van der Waals surface area contributed by atoms with E-state index >= 15 is 0 Å². The van der Waals surface area contributed by atoms with E-state index in [9.17, 15) is 18.8 Å². The molecule has 174 valence electrons. The van der Waals surface area contributed by atoms with E-state index in [1.165, 1.54) is 13.0 Å². The third kappa shape index (κ3) is 4.91. The van der Waals surface area contributed by atoms with Gasteiger partial charge in [0.1, 0.15) is 12.4 Å². The molecule has 0 bridgehead atoms. The lowest BCUT2D eigenvalue weighted by molar-refractivity contribution is -0.137. The van der Waals surface area contributed by atoms with E-state index in [0.29, 0.717) is 0 Å². The van der Waals surface area contributed by atoms with Crippen molar-refractivity contribution in [3.63, 3.8) is 0 Å². The Labute approximate surface area is 195 Å². The lowest BCUT2D eigenvalue weighted by atomic mass is 9.98. The van der Waals surface area contributed by atoms with Crippen LogP contribution < -0.4 is 10.6 Å². The van der Waals surface area contributed by atoms with Gasteiger partial charge in [0.2, 0.25) is 0 Å². The van der Waals surface area contributed by atoms with Gasteiger partial charge in [-0.05, 0) is 47.4 Å². The molecule has 0 saturated heterocycles. The highest BCUT2D eigenvalue weighted by molar-refractivity contribution is 6.02. The molecule has 0 heterocycles. The zero-order chi connectivity index (χ0) is 24.2. The minimum Gasteiger partial charge on any atom is -0.481 e. The van der Waals surface area contributed by atoms with Gasteiger partial charge in [-0.3, -0.25) is 14.9 Å². The Kier molecular flexibility index (Phi) is 6.58. The number of amides is 2. The SMILES string of the molecule is C[C@@H](CC(=O)O)NC(=O)c1cc(F)ccc1NC(=O)OCC1c2ccccc2-c2ccccc21. The predicted octanol–water partition coefficient (Wildman–Crippen LogP) is 4.78. The molecule has 0 saturated carbocycles. The molecule has 34 heavy (non-hydrogen) atoms. The molecule has 0 aromatic heterocycles. The van der Waals surface area contributed by atoms with Gasteiger partial charge in [0, 0.05) is 12.0 Å². The molecule has 4 rings (SSSR count). The van der Waals surface area contributed by atoms with E-state index < -0.39 is 29.8 Å². The summed E-state index contributed by atoms with van der Waals surface area (Å²) in [4.78, 5) is 36.0. The fourth-order valence-corrected chi connectivity index (χ4v) is 4.17. The van der Waals surface area contributed by atoms with Gasteiger partial charge in [-0.25, -0.2) is 9.18 Å². The Morgan fingerprint density at radius 1 is 1.00 bits per heavy atom. The number of aliphatic carboxylic acids is 1. The van der Waals surface area contributed by atoms with E-state index in [4.69, 9.17) is 9.84 Å². The first kappa shape index (κ1) is 23.0. The van der Waals surface area contributed by atoms with Crippen molar-refractivity contribution in [3.8, 4) is 11.1 Å². The Bertz CT molecular complexity index is 1210. The molecule has 1 atom stereocenters. The number of benzene rings is 3. The Morgan fingerprint density at radius 2 is 1.62 bits per heavy atom. The summed E-state index contributed by atoms with van der Waals surface area (Å²) in [6.45, 7) is 1.60. The molecular formula is C26H23FN2O5. The number of carboxylic acid groups (broad SMARTS) is 1. The van der Waals surface area contributed by atoms with Crippen molar-refractivity contribution in [1.29, 1.82) is 0 Å². The van der Waals surface area contributed by atoms with Crippen LogP contribution in [-0.4, -0.2) is 35.7 Å². The second-order valence-electron chi connectivity index (χ2n) is 8.11. The number of carboxylic acids is 1. The van der Waals surface area contributed by atoms with Gasteiger partial charge < -0.3 is 15.2 Å². The first-order valence-corrected chi connectivity index (χ1v) is 10.8. The van der Waals surface area contributed by atoms with Crippen LogP contribution >= 0.6 is 0 Å². The minimum atomic E-state index is -1.08. The number of carbonyl (C=O) groups excluding carboxylic acids is 2. The summed E-state index contributed by atoms with van der Waals surface area (Å²) >= 11 is 0. The molecule has 3 aromatic rings. The van der Waals surface area contributed by atoms with Crippen LogP contribution in [0.3, 0.4) is 0 Å². The van der Waals surface area contributed by atoms with Crippen LogP contribution in [-0.2, 0) is 9.53 Å². The van der Waals surface area contributed by atoms with Crippen LogP contribution in [0.4, 0.5) is 14.9 Å². The van der Waals surface area contributed by atoms with E-state index in [1.54, 1.807) is 0 Å². The topological polar surface area (TPSA) is 105 Å². The normalized spacial score (nSPS) is 12.9. The first-order chi connectivity index (χ1) is 16.3. The monoisotopic (exact) mass is 462 g/mol. The maximum absolute atomic E-state index is 13.8. The number of anilines is 1. The molecule has 2 amide bonds. The number of rotatable bonds is 7. The van der Waals surface area contributed by atoms with Crippen LogP contribution in [0.2, 0.25) is 0 Å². The second kappa shape index (κ2) is 9.74. The maximum atomic E-state index is 13.8. The molecule has 0 aliphatic heterocycles. The highest BCUT2D eigenvalue weighted by Crippen LogP contribution is 2.44. The van der Waals surface area contributed by atoms with Gasteiger partial charge in [0.25, 0.3) is 5.91 Å². The zero-order valence-electron chi connectivity index (χ0n) is 18.4. The van der Waals surface area contributed by atoms with Gasteiger partial charge in [0.05, 0.1) is 17.7 Å². The Balaban J connectivity index is 1.46. The van der Waals surface area contributed by atoms with E-state index in [1.807, 2.05) is 48.5 Å². The number of fused-ring (bicyclic) bond motifs is 3. The highest BCUT2D eigenvalue weighted by atomic mass is 19.1. The van der Waals surface area contributed by atoms with Crippen molar-refractivity contribution in [2.45, 2.75) is 25.3 Å². The number of ether oxygens (including phenoxy) is 1. The largest absolute Gasteiger partial charge is 0.481 e. The molecular weight excluding hydrogens is 439 g/mol. The van der Waals surface area contributed by atoms with Crippen molar-refractivity contribution >= 4 is 23.7 Å². The standard InChI is InChI=1S/C26H23FN2O5/c1-15(12-24(30)31)28-25(32)21-13-16(27)10-11-23(21)29-26(33)34-14-22-19-8-4-2-6-17(19)18-7-3-5-9-20(18)22/h2-11,13,15,22H,12,14H2,1H3,(H,28,32)(H,29,33)(H,30,31)/t15-/m0/s1. The number of hydrogen-bond donors (Lipinski definition) is 3. The molecule has 0 spiro atoms. The Morgan fingerprint density at radius 3 is 2.24 bits per heavy atom. The molecule has 0 fully saturated rings. The minimum absolute atomic E-state index is 0.0543. The zero-order valence-corrected chi connectivity index (χ0v) is 18.4. The van der Waals surface area contributed by atoms with Gasteiger partial charge >= 0.3 is 12.1 Å². The van der Waals surface area contributed by atoms with Gasteiger partial charge in [-0.1, -0.05) is 48.5 Å². The van der Waals surface area contributed by atoms with Crippen LogP contribution in [0.15, 0.2) is 66.7 Å². The predicted molar refractivity (Wildman–Crippen MR) is 124 cm³/mol. The third-order valence-corrected chi connectivity index (χ3v) is 5.66. The summed E-state index contributed by atoms with van der Waals surface area (Å²) in [6.07, 6.45) is -1.09. The van der Waals surface area contributed by atoms with Crippen LogP contribution in [0.5, 0.6) is 0 Å². The van der Waals surface area contributed by atoms with Gasteiger partial charge in [-0.2, -0.15) is 0 Å². The fourth-order valence-electron chi connectivity index (χ4n) is 4.17. The number of carbonyl (C=O) groups is 3. The summed E-state index contributed by atoms with van der Waals surface area (Å²) in [5.41, 5.74) is 4.24. The Hall–Kier alpha value is -4.20. The highest BCUT2D eigenvalue weighted by Gasteiger charge is 2.29. The van der Waals surface area contributed by atoms with Gasteiger partial charge in [-0.15, -0.1) is 0 Å². The fraction of sp³-hybridized carbons (Fsp3) is 0.192. The maximum Gasteiger partial charge on any atom is 0.411 e. The summed E-state index contributed by atoms with van der Waals surface area (Å²) in [6, 6.07) is 18.5. The van der Waals surface area contributed by atoms with Crippen molar-refractivity contribution < 1.29 is 28.6 Å². The summed E-state index contributed by atoms with van der Waals surface area (Å²) in [7, 11) is 0. The molecule has 1 aliphatic carbocycles. The smallest absolute Gasteiger partial charge is 0.411 e. The average molecular weight is 462 g/mol. The number of halogens is 1. The third-order valence-electron chi connectivity index (χ3n) is 5.66. The lowest BCUT2D eigenvalue weighted by Crippen LogP contribution is -2.34. The lowest BCUT2D eigenvalue weighted by Gasteiger charge is -2.17. The van der Waals surface area contributed by atoms with Crippen molar-refractivity contribution in [3.05, 3.63) is 89.2 Å². The van der Waals surface area contributed by atoms with E-state index in [0.717, 1.165) is 34.4 Å². The summed E-state index contributed by atoms with van der Waals surface area (Å²) < 4.78 is 19.3. The van der Waals surface area contributed by atoms with Crippen LogP contribution in [0.25, 0.3) is 11.1 Å². The molecule has 3 aromatic carbocycles. The summed E-state index contributed by atoms with van der Waals surface area (Å²) in [5, 5.41) is 13.9. The quantitative estimate of drug-likeness (QED) is 0.469. The van der Waals surface area contributed by atoms with Crippen LogP contribution in [0.1, 0.15) is 40.7 Å². The molecule has 7 nitrogen and oxygen atoms in total. The average Bonchev–Trinajstić information content (AvgIpc) is 3.12. The van der Waals surface area contributed by atoms with E-state index in [2.05, 4.69) is 10.6 Å².